The van der Waals surface area contributed by atoms with Gasteiger partial charge in [-0.2, -0.15) is 0 Å². The van der Waals surface area contributed by atoms with Gasteiger partial charge in [0.2, 0.25) is 5.95 Å². The lowest BCUT2D eigenvalue weighted by Gasteiger charge is -2.19. The molecule has 0 atom stereocenters. The highest BCUT2D eigenvalue weighted by molar-refractivity contribution is 5.61. The van der Waals surface area contributed by atoms with E-state index in [1.54, 1.807) is 0 Å². The molecule has 0 aromatic carbocycles. The second kappa shape index (κ2) is 5.18. The molecule has 5 nitrogen and oxygen atoms in total. The largest absolute Gasteiger partial charge is 0.367 e. The minimum absolute atomic E-state index is 0.831. The van der Waals surface area contributed by atoms with Crippen molar-refractivity contribution in [1.82, 2.24) is 20.3 Å². The molecular weight excluding hydrogens is 226 g/mol. The van der Waals surface area contributed by atoms with Crippen LogP contribution in [0.1, 0.15) is 6.42 Å². The van der Waals surface area contributed by atoms with Crippen LogP contribution in [0.5, 0.6) is 0 Å². The number of hydrogen-bond donors (Lipinski definition) is 2. The first-order chi connectivity index (χ1) is 8.93. The highest BCUT2D eigenvalue weighted by atomic mass is 15.3. The molecule has 1 aliphatic heterocycles. The topological polar surface area (TPSA) is 56.8 Å². The summed E-state index contributed by atoms with van der Waals surface area (Å²) >= 11 is 0. The number of aromatic nitrogens is 3. The van der Waals surface area contributed by atoms with Gasteiger partial charge < -0.3 is 15.2 Å². The fourth-order valence-corrected chi connectivity index (χ4v) is 2.18. The van der Waals surface area contributed by atoms with Crippen LogP contribution in [0.4, 0.5) is 5.95 Å². The number of nitrogens with zero attached hydrogens (tertiary/aromatic N) is 3. The van der Waals surface area contributed by atoms with E-state index in [4.69, 9.17) is 0 Å². The van der Waals surface area contributed by atoms with Crippen molar-refractivity contribution in [2.45, 2.75) is 6.42 Å². The van der Waals surface area contributed by atoms with Crippen LogP contribution in [0.15, 0.2) is 30.9 Å². The highest BCUT2D eigenvalue weighted by Gasteiger charge is 2.11. The van der Waals surface area contributed by atoms with E-state index < -0.39 is 0 Å². The van der Waals surface area contributed by atoms with Gasteiger partial charge in [-0.1, -0.05) is 0 Å². The third kappa shape index (κ3) is 2.36. The van der Waals surface area contributed by atoms with Crippen LogP contribution in [-0.4, -0.2) is 41.1 Å². The van der Waals surface area contributed by atoms with E-state index in [1.807, 2.05) is 30.9 Å². The van der Waals surface area contributed by atoms with E-state index in [2.05, 4.69) is 25.2 Å². The summed E-state index contributed by atoms with van der Waals surface area (Å²) in [7, 11) is 0. The molecule has 0 saturated carbocycles. The van der Waals surface area contributed by atoms with Crippen molar-refractivity contribution < 1.29 is 0 Å². The third-order valence-corrected chi connectivity index (χ3v) is 3.19. The average Bonchev–Trinajstić information content (AvgIpc) is 2.82. The monoisotopic (exact) mass is 243 g/mol. The van der Waals surface area contributed by atoms with E-state index >= 15 is 0 Å². The third-order valence-electron chi connectivity index (χ3n) is 3.19. The van der Waals surface area contributed by atoms with Crippen LogP contribution < -0.4 is 10.2 Å². The molecule has 2 aromatic rings. The summed E-state index contributed by atoms with van der Waals surface area (Å²) in [6.45, 7) is 4.08. The minimum Gasteiger partial charge on any atom is -0.367 e. The molecule has 3 heterocycles. The molecule has 94 valence electrons. The van der Waals surface area contributed by atoms with Crippen LogP contribution in [0.3, 0.4) is 0 Å². The van der Waals surface area contributed by atoms with Crippen LogP contribution in [0.25, 0.3) is 11.1 Å². The van der Waals surface area contributed by atoms with Gasteiger partial charge in [-0.25, -0.2) is 9.97 Å². The van der Waals surface area contributed by atoms with E-state index in [1.165, 1.54) is 0 Å². The van der Waals surface area contributed by atoms with Gasteiger partial charge in [0.15, 0.2) is 0 Å². The van der Waals surface area contributed by atoms with Gasteiger partial charge in [-0.3, -0.25) is 0 Å². The van der Waals surface area contributed by atoms with Gasteiger partial charge in [0.05, 0.1) is 0 Å². The van der Waals surface area contributed by atoms with Crippen LogP contribution in [0, 0.1) is 0 Å². The van der Waals surface area contributed by atoms with E-state index in [9.17, 15) is 0 Å². The number of aromatic amines is 1. The van der Waals surface area contributed by atoms with Crippen molar-refractivity contribution in [2.75, 3.05) is 31.1 Å². The lowest BCUT2D eigenvalue weighted by Crippen LogP contribution is -2.29. The Morgan fingerprint density at radius 3 is 2.72 bits per heavy atom. The molecule has 1 fully saturated rings. The molecule has 2 N–H and O–H groups in total. The van der Waals surface area contributed by atoms with Crippen LogP contribution in [-0.2, 0) is 0 Å². The second-order valence-electron chi connectivity index (χ2n) is 4.46. The van der Waals surface area contributed by atoms with Gasteiger partial charge in [0, 0.05) is 55.5 Å². The van der Waals surface area contributed by atoms with Crippen molar-refractivity contribution >= 4 is 5.95 Å². The number of nitrogens with one attached hydrogen (secondary N) is 2. The Morgan fingerprint density at radius 2 is 1.94 bits per heavy atom. The molecule has 0 amide bonds. The average molecular weight is 243 g/mol. The molecule has 0 aliphatic carbocycles. The molecule has 1 saturated heterocycles. The smallest absolute Gasteiger partial charge is 0.225 e. The van der Waals surface area contributed by atoms with Gasteiger partial charge in [-0.05, 0) is 19.0 Å². The molecular formula is C13H17N5. The molecule has 1 aliphatic rings. The quantitative estimate of drug-likeness (QED) is 0.834. The zero-order valence-electron chi connectivity index (χ0n) is 10.3. The Hall–Kier alpha value is -1.88. The summed E-state index contributed by atoms with van der Waals surface area (Å²) in [6.07, 6.45) is 8.79. The van der Waals surface area contributed by atoms with E-state index in [-0.39, 0.29) is 0 Å². The molecule has 3 rings (SSSR count). The lowest BCUT2D eigenvalue weighted by molar-refractivity contribution is 0.724. The maximum absolute atomic E-state index is 4.47. The number of anilines is 1. The number of hydrogen-bond acceptors (Lipinski definition) is 4. The van der Waals surface area contributed by atoms with Crippen LogP contribution >= 0.6 is 0 Å². The minimum atomic E-state index is 0.831. The summed E-state index contributed by atoms with van der Waals surface area (Å²) < 4.78 is 0. The van der Waals surface area contributed by atoms with Gasteiger partial charge in [-0.15, -0.1) is 0 Å². The zero-order valence-corrected chi connectivity index (χ0v) is 10.3. The number of rotatable bonds is 2. The maximum Gasteiger partial charge on any atom is 0.225 e. The number of H-pyrrole nitrogens is 1. The lowest BCUT2D eigenvalue weighted by atomic mass is 10.2. The predicted octanol–water partition coefficient (Wildman–Crippen LogP) is 1.27. The Kier molecular flexibility index (Phi) is 3.23. The Bertz CT molecular complexity index is 469. The standard InChI is InChI=1S/C13H17N5/c1-3-14-5-7-18(6-1)13-16-9-12(10-17-13)11-2-4-15-8-11/h2,4,8-10,14-15H,1,3,5-7H2. The maximum atomic E-state index is 4.47. The van der Waals surface area contributed by atoms with Gasteiger partial charge in [0.25, 0.3) is 0 Å². The molecule has 2 aromatic heterocycles. The normalized spacial score (nSPS) is 16.6. The summed E-state index contributed by atoms with van der Waals surface area (Å²) in [5.74, 6) is 0.831. The summed E-state index contributed by atoms with van der Waals surface area (Å²) in [5.41, 5.74) is 2.17. The first-order valence-corrected chi connectivity index (χ1v) is 6.34. The highest BCUT2D eigenvalue weighted by Crippen LogP contribution is 2.18. The zero-order chi connectivity index (χ0) is 12.2. The van der Waals surface area contributed by atoms with Crippen molar-refractivity contribution in [1.29, 1.82) is 0 Å². The molecule has 0 radical (unpaired) electrons. The van der Waals surface area contributed by atoms with Gasteiger partial charge in [0.1, 0.15) is 0 Å². The Morgan fingerprint density at radius 1 is 1.06 bits per heavy atom. The Balaban J connectivity index is 1.78. The van der Waals surface area contributed by atoms with Gasteiger partial charge >= 0.3 is 0 Å². The molecule has 5 heteroatoms. The fraction of sp³-hybridized carbons (Fsp3) is 0.385. The first-order valence-electron chi connectivity index (χ1n) is 6.34. The molecule has 0 bridgehead atoms. The van der Waals surface area contributed by atoms with Crippen molar-refractivity contribution in [3.63, 3.8) is 0 Å². The molecule has 18 heavy (non-hydrogen) atoms. The fourth-order valence-electron chi connectivity index (χ4n) is 2.18. The summed E-state index contributed by atoms with van der Waals surface area (Å²) in [4.78, 5) is 14.2. The SMILES string of the molecule is c1cc(-c2cnc(N3CCCNCC3)nc2)c[nH]1. The first kappa shape index (κ1) is 11.2. The second-order valence-corrected chi connectivity index (χ2v) is 4.46. The van der Waals surface area contributed by atoms with Crippen molar-refractivity contribution in [3.05, 3.63) is 30.9 Å². The van der Waals surface area contributed by atoms with Crippen molar-refractivity contribution in [3.8, 4) is 11.1 Å². The summed E-state index contributed by atoms with van der Waals surface area (Å²) in [5, 5.41) is 3.38. The summed E-state index contributed by atoms with van der Waals surface area (Å²) in [6, 6.07) is 2.02. The van der Waals surface area contributed by atoms with Crippen LogP contribution in [0.2, 0.25) is 0 Å². The van der Waals surface area contributed by atoms with E-state index in [0.717, 1.165) is 49.7 Å². The van der Waals surface area contributed by atoms with E-state index in [0.29, 0.717) is 0 Å². The Labute approximate surface area is 106 Å². The molecule has 0 unspecified atom stereocenters. The molecule has 0 spiro atoms. The van der Waals surface area contributed by atoms with Crippen molar-refractivity contribution in [2.24, 2.45) is 0 Å². The predicted molar refractivity (Wildman–Crippen MR) is 71.5 cm³/mol.